The molecule has 0 aromatic heterocycles. The van der Waals surface area contributed by atoms with Crippen LogP contribution in [0, 0.1) is 11.8 Å². The first-order valence-electron chi connectivity index (χ1n) is 15.9. The molecule has 5 heterocycles. The predicted molar refractivity (Wildman–Crippen MR) is 161 cm³/mol. The minimum atomic E-state index is -1.35. The predicted octanol–water partition coefficient (Wildman–Crippen LogP) is 0.429. The van der Waals surface area contributed by atoms with E-state index in [-0.39, 0.29) is 32.1 Å². The monoisotopic (exact) mass is 622 g/mol. The Kier molecular flexibility index (Phi) is 9.36. The van der Waals surface area contributed by atoms with Crippen molar-refractivity contribution in [3.05, 3.63) is 60.2 Å². The summed E-state index contributed by atoms with van der Waals surface area (Å²) >= 11 is 0. The van der Waals surface area contributed by atoms with Gasteiger partial charge in [-0.15, -0.1) is 0 Å². The van der Waals surface area contributed by atoms with Crippen molar-refractivity contribution in [2.75, 3.05) is 59.2 Å². The molecule has 2 N–H and O–H groups in total. The lowest BCUT2D eigenvalue weighted by molar-refractivity contribution is -0.150. The van der Waals surface area contributed by atoms with Gasteiger partial charge in [-0.25, -0.2) is 0 Å². The maximum atomic E-state index is 14.6. The molecule has 0 radical (unpaired) electrons. The molecule has 0 saturated carbocycles. The van der Waals surface area contributed by atoms with Crippen LogP contribution in [0.25, 0.3) is 0 Å². The number of aliphatic hydroxyl groups is 1. The van der Waals surface area contributed by atoms with Gasteiger partial charge >= 0.3 is 5.97 Å². The number of amides is 3. The summed E-state index contributed by atoms with van der Waals surface area (Å²) in [6.07, 6.45) is 7.12. The number of morpholine rings is 1. The molecule has 12 nitrogen and oxygen atoms in total. The number of rotatable bonds is 6. The number of hydrogen-bond donors (Lipinski definition) is 2. The molecule has 5 aliphatic rings. The zero-order valence-electron chi connectivity index (χ0n) is 25.6. The van der Waals surface area contributed by atoms with Gasteiger partial charge in [-0.1, -0.05) is 54.6 Å². The number of benzene rings is 1. The molecule has 5 bridgehead atoms. The highest BCUT2D eigenvalue weighted by molar-refractivity contribution is 6.00. The summed E-state index contributed by atoms with van der Waals surface area (Å²) in [6, 6.07) is 6.84. The van der Waals surface area contributed by atoms with Crippen LogP contribution < -0.4 is 5.32 Å². The van der Waals surface area contributed by atoms with Gasteiger partial charge in [0.2, 0.25) is 17.7 Å². The fraction of sp³-hybridized carbons (Fsp3) is 0.576. The van der Waals surface area contributed by atoms with Gasteiger partial charge in [-0.2, -0.15) is 0 Å². The third kappa shape index (κ3) is 6.04. The molecule has 6 rings (SSSR count). The lowest BCUT2D eigenvalue weighted by Gasteiger charge is -2.38. The van der Waals surface area contributed by atoms with Gasteiger partial charge in [0.05, 0.1) is 49.8 Å². The minimum Gasteiger partial charge on any atom is -0.463 e. The minimum absolute atomic E-state index is 0.0692. The van der Waals surface area contributed by atoms with Gasteiger partial charge < -0.3 is 34.4 Å². The Labute approximate surface area is 262 Å². The van der Waals surface area contributed by atoms with E-state index in [1.165, 1.54) is 4.90 Å². The summed E-state index contributed by atoms with van der Waals surface area (Å²) < 4.78 is 17.6. The van der Waals surface area contributed by atoms with Crippen LogP contribution in [-0.4, -0.2) is 126 Å². The van der Waals surface area contributed by atoms with E-state index in [2.05, 4.69) is 10.2 Å². The second-order valence-corrected chi connectivity index (χ2v) is 12.4. The number of carbonyl (C=O) groups excluding carboxylic acids is 4. The fourth-order valence-corrected chi connectivity index (χ4v) is 7.24. The Morgan fingerprint density at radius 3 is 2.58 bits per heavy atom. The van der Waals surface area contributed by atoms with E-state index in [9.17, 15) is 24.3 Å². The molecular formula is C33H42N4O8. The van der Waals surface area contributed by atoms with Crippen LogP contribution in [0.3, 0.4) is 0 Å². The van der Waals surface area contributed by atoms with Crippen LogP contribution in [0.1, 0.15) is 31.4 Å². The number of allylic oxidation sites excluding steroid dienone is 1. The SMILES string of the molecule is C[C@H](CO)N1C(=O)[C@H]2[C@@H]3C(=O)N[C@H](c4ccccc4)COC(=O)CC/C=C\CN(CCN4CCOCC4)C(=O)[C@H]1[C@@]21C=C[C@@H]3O1. The summed E-state index contributed by atoms with van der Waals surface area (Å²) in [7, 11) is 0. The van der Waals surface area contributed by atoms with Gasteiger partial charge in [0.25, 0.3) is 0 Å². The van der Waals surface area contributed by atoms with Crippen molar-refractivity contribution in [1.82, 2.24) is 20.0 Å². The normalized spacial score (nSPS) is 34.0. The second-order valence-electron chi connectivity index (χ2n) is 12.4. The average Bonchev–Trinajstić information content (AvgIpc) is 3.71. The van der Waals surface area contributed by atoms with Crippen molar-refractivity contribution >= 4 is 23.7 Å². The maximum Gasteiger partial charge on any atom is 0.306 e. The van der Waals surface area contributed by atoms with Crippen molar-refractivity contribution in [2.24, 2.45) is 11.8 Å². The number of ether oxygens (including phenoxy) is 3. The zero-order valence-corrected chi connectivity index (χ0v) is 25.6. The molecule has 0 aliphatic carbocycles. The Balaban J connectivity index is 1.36. The van der Waals surface area contributed by atoms with Crippen LogP contribution >= 0.6 is 0 Å². The van der Waals surface area contributed by atoms with Crippen LogP contribution in [-0.2, 0) is 33.4 Å². The molecule has 12 heteroatoms. The standard InChI is InChI=1S/C33H42N4O8/c1-22(20-38)37-29-32(42)36(15-14-35-16-18-43-19-17-35)13-7-3-6-10-26(39)44-21-24(23-8-4-2-5-9-23)34-30(40)27-25-11-12-33(29,45-25)28(27)31(37)41/h2-5,7-9,11-12,22,24-25,27-29,38H,6,10,13-21H2,1H3,(H,34,40)/b7-3-/t22-,24+,25+,27-,28-,29+,33-/m1/s1. The van der Waals surface area contributed by atoms with Crippen molar-refractivity contribution < 1.29 is 38.5 Å². The summed E-state index contributed by atoms with van der Waals surface area (Å²) in [4.78, 5) is 61.0. The van der Waals surface area contributed by atoms with Crippen LogP contribution in [0.15, 0.2) is 54.6 Å². The number of cyclic esters (lactones) is 1. The zero-order chi connectivity index (χ0) is 31.6. The van der Waals surface area contributed by atoms with Crippen LogP contribution in [0.5, 0.6) is 0 Å². The maximum absolute atomic E-state index is 14.6. The highest BCUT2D eigenvalue weighted by atomic mass is 16.5. The van der Waals surface area contributed by atoms with Crippen molar-refractivity contribution in [1.29, 1.82) is 0 Å². The van der Waals surface area contributed by atoms with Crippen molar-refractivity contribution in [3.8, 4) is 0 Å². The summed E-state index contributed by atoms with van der Waals surface area (Å²) in [6.45, 7) is 5.33. The molecule has 1 aromatic rings. The van der Waals surface area contributed by atoms with Gasteiger partial charge in [0, 0.05) is 39.1 Å². The van der Waals surface area contributed by atoms with Gasteiger partial charge in [0.1, 0.15) is 18.2 Å². The first kappa shape index (κ1) is 31.4. The number of likely N-dealkylation sites (tertiary alicyclic amines) is 1. The van der Waals surface area contributed by atoms with Crippen molar-refractivity contribution in [2.45, 2.75) is 49.6 Å². The van der Waals surface area contributed by atoms with E-state index < -0.39 is 59.5 Å². The lowest BCUT2D eigenvalue weighted by Crippen LogP contribution is -2.58. The third-order valence-electron chi connectivity index (χ3n) is 9.63. The van der Waals surface area contributed by atoms with E-state index in [0.717, 1.165) is 18.7 Å². The van der Waals surface area contributed by atoms with Gasteiger partial charge in [0.15, 0.2) is 0 Å². The van der Waals surface area contributed by atoms with E-state index in [0.29, 0.717) is 32.7 Å². The molecule has 1 spiro atoms. The summed E-state index contributed by atoms with van der Waals surface area (Å²) in [5.41, 5.74) is -0.600. The van der Waals surface area contributed by atoms with E-state index >= 15 is 0 Å². The Morgan fingerprint density at radius 1 is 1.04 bits per heavy atom. The van der Waals surface area contributed by atoms with Gasteiger partial charge in [-0.05, 0) is 18.9 Å². The highest BCUT2D eigenvalue weighted by Crippen LogP contribution is 2.55. The van der Waals surface area contributed by atoms with Gasteiger partial charge in [-0.3, -0.25) is 24.1 Å². The molecule has 7 atom stereocenters. The largest absolute Gasteiger partial charge is 0.463 e. The van der Waals surface area contributed by atoms with Crippen LogP contribution in [0.4, 0.5) is 0 Å². The average molecular weight is 623 g/mol. The number of nitrogens with one attached hydrogen (secondary N) is 1. The Hall–Kier alpha value is -3.58. The molecule has 3 amide bonds. The number of aliphatic hydroxyl groups excluding tert-OH is 1. The molecule has 3 fully saturated rings. The number of esters is 1. The van der Waals surface area contributed by atoms with Crippen LogP contribution in [0.2, 0.25) is 0 Å². The van der Waals surface area contributed by atoms with E-state index in [1.807, 2.05) is 42.5 Å². The smallest absolute Gasteiger partial charge is 0.306 e. The quantitative estimate of drug-likeness (QED) is 0.342. The first-order valence-corrected chi connectivity index (χ1v) is 15.9. The Morgan fingerprint density at radius 2 is 1.82 bits per heavy atom. The molecule has 1 aromatic carbocycles. The number of nitrogens with zero attached hydrogens (tertiary/aromatic N) is 3. The van der Waals surface area contributed by atoms with E-state index in [1.54, 1.807) is 24.0 Å². The molecule has 0 unspecified atom stereocenters. The lowest BCUT2D eigenvalue weighted by atomic mass is 9.74. The molecule has 3 saturated heterocycles. The molecule has 242 valence electrons. The highest BCUT2D eigenvalue weighted by Gasteiger charge is 2.73. The second kappa shape index (κ2) is 13.4. The number of carbonyl (C=O) groups is 4. The van der Waals surface area contributed by atoms with Crippen molar-refractivity contribution in [3.63, 3.8) is 0 Å². The van der Waals surface area contributed by atoms with E-state index in [4.69, 9.17) is 14.2 Å². The Bertz CT molecular complexity index is 1330. The summed E-state index contributed by atoms with van der Waals surface area (Å²) in [5, 5.41) is 13.2. The third-order valence-corrected chi connectivity index (χ3v) is 9.63. The number of hydrogen-bond acceptors (Lipinski definition) is 9. The number of fused-ring (bicyclic) bond motifs is 2. The molecule has 5 aliphatic heterocycles. The first-order chi connectivity index (χ1) is 21.8. The fourth-order valence-electron chi connectivity index (χ4n) is 7.24. The topological polar surface area (TPSA) is 138 Å². The summed E-state index contributed by atoms with van der Waals surface area (Å²) in [5.74, 6) is -3.38. The molecular weight excluding hydrogens is 580 g/mol. The molecule has 45 heavy (non-hydrogen) atoms.